The summed E-state index contributed by atoms with van der Waals surface area (Å²) >= 11 is 0. The van der Waals surface area contributed by atoms with Gasteiger partial charge in [0.05, 0.1) is 18.9 Å². The van der Waals surface area contributed by atoms with Crippen molar-refractivity contribution in [1.82, 2.24) is 25.2 Å². The van der Waals surface area contributed by atoms with Gasteiger partial charge in [-0.15, -0.1) is 6.58 Å². The Morgan fingerprint density at radius 2 is 1.91 bits per heavy atom. The maximum Gasteiger partial charge on any atom is 0.259 e. The highest BCUT2D eigenvalue weighted by molar-refractivity contribution is 7.91. The molecule has 2 saturated carbocycles. The summed E-state index contributed by atoms with van der Waals surface area (Å²) in [4.78, 5) is 59.5. The summed E-state index contributed by atoms with van der Waals surface area (Å²) in [5, 5.41) is 6.34. The van der Waals surface area contributed by atoms with Gasteiger partial charge in [-0.25, -0.2) is 13.4 Å². The smallest absolute Gasteiger partial charge is 0.259 e. The van der Waals surface area contributed by atoms with E-state index >= 15 is 0 Å². The van der Waals surface area contributed by atoms with Crippen molar-refractivity contribution in [1.29, 1.82) is 0 Å². The second-order valence-electron chi connectivity index (χ2n) is 12.8. The number of amides is 4. The van der Waals surface area contributed by atoms with E-state index in [4.69, 9.17) is 9.47 Å². The van der Waals surface area contributed by atoms with Crippen LogP contribution in [0, 0.1) is 11.8 Å². The third kappa shape index (κ3) is 7.27. The minimum absolute atomic E-state index is 0.0101. The summed E-state index contributed by atoms with van der Waals surface area (Å²) in [6.45, 7) is 11.0. The molecule has 5 atom stereocenters. The van der Waals surface area contributed by atoms with E-state index in [9.17, 15) is 27.6 Å². The lowest BCUT2D eigenvalue weighted by atomic mass is 10.0. The van der Waals surface area contributed by atoms with Gasteiger partial charge in [-0.05, 0) is 67.3 Å². The number of nitrogens with one attached hydrogen (secondary N) is 3. The molecule has 1 aliphatic heterocycles. The van der Waals surface area contributed by atoms with E-state index < -0.39 is 68.5 Å². The van der Waals surface area contributed by atoms with Crippen LogP contribution in [0.4, 0.5) is 0 Å². The molecule has 0 bridgehead atoms. The molecule has 3 fully saturated rings. The molecule has 2 aliphatic carbocycles. The zero-order chi connectivity index (χ0) is 34.1. The average Bonchev–Trinajstić information content (AvgIpc) is 3.96. The Morgan fingerprint density at radius 1 is 1.17 bits per heavy atom. The SMILES string of the molecule is C=CC(=O)N[C@H](CC(C)C)C(=O)N1C[C@H](Oc2nccc3cc(OC)ccc23)C[C@H]1C(=O)N[C@]1(C(=O)NS(=O)(=O)C2CC2)C[C@H]1C=C. The number of sulfonamides is 1. The van der Waals surface area contributed by atoms with Gasteiger partial charge in [-0.1, -0.05) is 26.5 Å². The Kier molecular flexibility index (Phi) is 9.62. The Morgan fingerprint density at radius 3 is 2.53 bits per heavy atom. The van der Waals surface area contributed by atoms with E-state index in [-0.39, 0.29) is 25.3 Å². The van der Waals surface area contributed by atoms with Crippen molar-refractivity contribution in [3.8, 4) is 11.6 Å². The molecule has 1 aromatic heterocycles. The van der Waals surface area contributed by atoms with Gasteiger partial charge in [0.15, 0.2) is 0 Å². The molecule has 252 valence electrons. The highest BCUT2D eigenvalue weighted by Crippen LogP contribution is 2.45. The van der Waals surface area contributed by atoms with Crippen molar-refractivity contribution in [3.05, 3.63) is 55.8 Å². The Labute approximate surface area is 274 Å². The van der Waals surface area contributed by atoms with Crippen molar-refractivity contribution >= 4 is 44.4 Å². The quantitative estimate of drug-likeness (QED) is 0.201. The first kappa shape index (κ1) is 33.9. The lowest BCUT2D eigenvalue weighted by Crippen LogP contribution is -2.58. The molecule has 0 unspecified atom stereocenters. The van der Waals surface area contributed by atoms with E-state index in [2.05, 4.69) is 33.5 Å². The predicted molar refractivity (Wildman–Crippen MR) is 174 cm³/mol. The maximum atomic E-state index is 14.1. The van der Waals surface area contributed by atoms with Crippen molar-refractivity contribution in [2.45, 2.75) is 74.9 Å². The van der Waals surface area contributed by atoms with E-state index in [0.717, 1.165) is 11.5 Å². The number of hydrogen-bond donors (Lipinski definition) is 3. The van der Waals surface area contributed by atoms with Crippen molar-refractivity contribution in [3.63, 3.8) is 0 Å². The molecule has 2 aromatic rings. The summed E-state index contributed by atoms with van der Waals surface area (Å²) in [6.07, 6.45) is 4.91. The van der Waals surface area contributed by atoms with E-state index in [1.54, 1.807) is 19.4 Å². The lowest BCUT2D eigenvalue weighted by Gasteiger charge is -2.30. The Bertz CT molecular complexity index is 1710. The fourth-order valence-corrected chi connectivity index (χ4v) is 7.39. The number of ether oxygens (including phenoxy) is 2. The third-order valence-corrected chi connectivity index (χ3v) is 10.6. The number of carbonyl (C=O) groups excluding carboxylic acids is 4. The predicted octanol–water partition coefficient (Wildman–Crippen LogP) is 1.98. The van der Waals surface area contributed by atoms with Crippen LogP contribution in [0.2, 0.25) is 0 Å². The zero-order valence-corrected chi connectivity index (χ0v) is 27.5. The van der Waals surface area contributed by atoms with Crippen LogP contribution in [0.25, 0.3) is 10.8 Å². The molecular formula is C33H41N5O8S. The second kappa shape index (κ2) is 13.3. The number of aromatic nitrogens is 1. The molecule has 3 N–H and O–H groups in total. The highest BCUT2D eigenvalue weighted by atomic mass is 32.2. The van der Waals surface area contributed by atoms with Gasteiger partial charge in [0.1, 0.15) is 29.5 Å². The highest BCUT2D eigenvalue weighted by Gasteiger charge is 2.62. The van der Waals surface area contributed by atoms with Gasteiger partial charge >= 0.3 is 0 Å². The zero-order valence-electron chi connectivity index (χ0n) is 26.7. The van der Waals surface area contributed by atoms with Crippen molar-refractivity contribution in [2.24, 2.45) is 11.8 Å². The number of carbonyl (C=O) groups is 4. The first-order valence-corrected chi connectivity index (χ1v) is 17.2. The molecule has 5 rings (SSSR count). The molecule has 1 saturated heterocycles. The molecule has 14 heteroatoms. The van der Waals surface area contributed by atoms with Gasteiger partial charge in [0.25, 0.3) is 5.91 Å². The lowest BCUT2D eigenvalue weighted by molar-refractivity contribution is -0.142. The first-order chi connectivity index (χ1) is 22.3. The van der Waals surface area contributed by atoms with Gasteiger partial charge in [-0.3, -0.25) is 23.9 Å². The number of rotatable bonds is 14. The van der Waals surface area contributed by atoms with Crippen molar-refractivity contribution in [2.75, 3.05) is 13.7 Å². The normalized spacial score (nSPS) is 24.3. The summed E-state index contributed by atoms with van der Waals surface area (Å²) in [7, 11) is -2.31. The fraction of sp³-hybridized carbons (Fsp3) is 0.485. The van der Waals surface area contributed by atoms with Crippen molar-refractivity contribution < 1.29 is 37.1 Å². The number of likely N-dealkylation sites (tertiary alicyclic amines) is 1. The van der Waals surface area contributed by atoms with Crippen LogP contribution in [-0.2, 0) is 29.2 Å². The minimum Gasteiger partial charge on any atom is -0.497 e. The van der Waals surface area contributed by atoms with Crippen LogP contribution in [0.3, 0.4) is 0 Å². The van der Waals surface area contributed by atoms with E-state index in [1.807, 2.05) is 32.0 Å². The number of methoxy groups -OCH3 is 1. The topological polar surface area (TPSA) is 173 Å². The molecular weight excluding hydrogens is 626 g/mol. The molecule has 0 spiro atoms. The summed E-state index contributed by atoms with van der Waals surface area (Å²) in [5.74, 6) is -2.04. The number of pyridine rings is 1. The minimum atomic E-state index is -3.88. The number of hydrogen-bond acceptors (Lipinski definition) is 9. The molecule has 4 amide bonds. The molecule has 13 nitrogen and oxygen atoms in total. The van der Waals surface area contributed by atoms with Crippen LogP contribution >= 0.6 is 0 Å². The van der Waals surface area contributed by atoms with Crippen LogP contribution in [0.5, 0.6) is 11.6 Å². The molecule has 1 aromatic carbocycles. The Hall–Kier alpha value is -4.46. The number of benzene rings is 1. The standard InChI is InChI=1S/C33H41N5O8S/c1-6-21-17-33(21,32(42)37-47(43,44)24-9-10-24)36-29(40)27-16-23(18-38(27)31(41)26(14-19(3)4)35-28(39)7-2)46-30-25-11-8-22(45-5)15-20(25)12-13-34-30/h6-8,11-13,15,19,21,23-24,26-27H,1-2,9-10,14,16-18H2,3-5H3,(H,35,39)(H,36,40)(H,37,42)/t21-,23-,26-,27+,33-/m1/s1. The van der Waals surface area contributed by atoms with Crippen LogP contribution in [0.1, 0.15) is 46.0 Å². The summed E-state index contributed by atoms with van der Waals surface area (Å²) in [5.41, 5.74) is -1.53. The molecule has 0 radical (unpaired) electrons. The second-order valence-corrected chi connectivity index (χ2v) is 14.7. The van der Waals surface area contributed by atoms with Gasteiger partial charge in [-0.2, -0.15) is 0 Å². The fourth-order valence-electron chi connectivity index (χ4n) is 6.02. The van der Waals surface area contributed by atoms with E-state index in [1.165, 1.54) is 11.0 Å². The van der Waals surface area contributed by atoms with Crippen LogP contribution < -0.4 is 24.8 Å². The molecule has 47 heavy (non-hydrogen) atoms. The maximum absolute atomic E-state index is 14.1. The summed E-state index contributed by atoms with van der Waals surface area (Å²) in [6, 6.07) is 5.17. The number of fused-ring (bicyclic) bond motifs is 1. The largest absolute Gasteiger partial charge is 0.497 e. The summed E-state index contributed by atoms with van der Waals surface area (Å²) < 4.78 is 39.0. The Balaban J connectivity index is 1.42. The van der Waals surface area contributed by atoms with Crippen LogP contribution in [0.15, 0.2) is 55.8 Å². The van der Waals surface area contributed by atoms with Gasteiger partial charge in [0.2, 0.25) is 33.6 Å². The number of nitrogens with zero attached hydrogens (tertiary/aromatic N) is 2. The van der Waals surface area contributed by atoms with E-state index in [0.29, 0.717) is 36.3 Å². The van der Waals surface area contributed by atoms with Gasteiger partial charge < -0.3 is 25.0 Å². The third-order valence-electron chi connectivity index (χ3n) is 8.82. The average molecular weight is 668 g/mol. The van der Waals surface area contributed by atoms with Gasteiger partial charge in [0, 0.05) is 23.9 Å². The monoisotopic (exact) mass is 667 g/mol. The molecule has 2 heterocycles. The van der Waals surface area contributed by atoms with Crippen LogP contribution in [-0.4, -0.2) is 84.6 Å². The first-order valence-electron chi connectivity index (χ1n) is 15.6. The molecule has 3 aliphatic rings.